The molecule has 2 bridgehead atoms. The van der Waals surface area contributed by atoms with Gasteiger partial charge in [0.25, 0.3) is 5.91 Å². The van der Waals surface area contributed by atoms with E-state index < -0.39 is 11.7 Å². The molecule has 0 aromatic heterocycles. The van der Waals surface area contributed by atoms with Gasteiger partial charge in [-0.15, -0.1) is 0 Å². The molecule has 2 aliphatic heterocycles. The second-order valence-electron chi connectivity index (χ2n) is 4.88. The molecule has 1 aromatic rings. The van der Waals surface area contributed by atoms with Crippen LogP contribution in [0.2, 0.25) is 0 Å². The fraction of sp³-hybridized carbons (Fsp3) is 0.462. The summed E-state index contributed by atoms with van der Waals surface area (Å²) in [5.74, 6) is 0.619. The lowest BCUT2D eigenvalue weighted by atomic mass is 10.1. The zero-order valence-corrected chi connectivity index (χ0v) is 10.8. The molecular formula is C13H12F3NOS. The largest absolute Gasteiger partial charge is 0.416 e. The SMILES string of the molecule is O=C(c1cccc(C(F)(F)F)c1)N1C[C@H]2C[C@H]1CS2. The summed E-state index contributed by atoms with van der Waals surface area (Å²) < 4.78 is 37.9. The standard InChI is InChI=1S/C13H12F3NOS/c14-13(15,16)9-3-1-2-8(4-9)12(18)17-6-11-5-10(17)7-19-11/h1-4,10-11H,5-7H2/t10-,11+/m0/s1. The number of fused-ring (bicyclic) bond motifs is 2. The topological polar surface area (TPSA) is 20.3 Å². The van der Waals surface area contributed by atoms with Crippen LogP contribution in [0.1, 0.15) is 22.3 Å². The third-order valence-electron chi connectivity index (χ3n) is 3.60. The van der Waals surface area contributed by atoms with Gasteiger partial charge in [-0.1, -0.05) is 6.07 Å². The maximum absolute atomic E-state index is 12.6. The van der Waals surface area contributed by atoms with E-state index in [0.29, 0.717) is 11.8 Å². The summed E-state index contributed by atoms with van der Waals surface area (Å²) in [5.41, 5.74) is -0.635. The van der Waals surface area contributed by atoms with E-state index in [9.17, 15) is 18.0 Å². The molecule has 0 spiro atoms. The number of thioether (sulfide) groups is 1. The molecule has 2 saturated heterocycles. The van der Waals surface area contributed by atoms with Gasteiger partial charge in [-0.05, 0) is 24.6 Å². The molecular weight excluding hydrogens is 275 g/mol. The number of hydrogen-bond donors (Lipinski definition) is 0. The van der Waals surface area contributed by atoms with Gasteiger partial charge in [-0.2, -0.15) is 24.9 Å². The Kier molecular flexibility index (Phi) is 3.00. The van der Waals surface area contributed by atoms with Gasteiger partial charge in [0.2, 0.25) is 0 Å². The van der Waals surface area contributed by atoms with E-state index in [2.05, 4.69) is 0 Å². The first kappa shape index (κ1) is 12.8. The van der Waals surface area contributed by atoms with Crippen molar-refractivity contribution in [3.8, 4) is 0 Å². The number of hydrogen-bond acceptors (Lipinski definition) is 2. The van der Waals surface area contributed by atoms with Crippen LogP contribution in [-0.4, -0.2) is 34.4 Å². The van der Waals surface area contributed by atoms with Crippen molar-refractivity contribution in [2.24, 2.45) is 0 Å². The fourth-order valence-electron chi connectivity index (χ4n) is 2.64. The van der Waals surface area contributed by atoms with Crippen LogP contribution in [0.4, 0.5) is 13.2 Å². The van der Waals surface area contributed by atoms with Crippen LogP contribution in [0.15, 0.2) is 24.3 Å². The number of nitrogens with zero attached hydrogens (tertiary/aromatic N) is 1. The number of alkyl halides is 3. The van der Waals surface area contributed by atoms with E-state index in [-0.39, 0.29) is 17.5 Å². The predicted octanol–water partition coefficient (Wildman–Crippen LogP) is 3.04. The van der Waals surface area contributed by atoms with Gasteiger partial charge in [0.15, 0.2) is 0 Å². The van der Waals surface area contributed by atoms with E-state index in [4.69, 9.17) is 0 Å². The summed E-state index contributed by atoms with van der Waals surface area (Å²) in [7, 11) is 0. The summed E-state index contributed by atoms with van der Waals surface area (Å²) in [6, 6.07) is 4.87. The van der Waals surface area contributed by atoms with Gasteiger partial charge in [-0.25, -0.2) is 0 Å². The van der Waals surface area contributed by atoms with Crippen molar-refractivity contribution in [2.45, 2.75) is 23.9 Å². The summed E-state index contributed by atoms with van der Waals surface area (Å²) in [5, 5.41) is 0.458. The van der Waals surface area contributed by atoms with Gasteiger partial charge in [0.1, 0.15) is 0 Å². The molecule has 1 aromatic carbocycles. The molecule has 0 unspecified atom stereocenters. The Morgan fingerprint density at radius 2 is 2.16 bits per heavy atom. The Morgan fingerprint density at radius 1 is 1.37 bits per heavy atom. The Bertz CT molecular complexity index is 517. The third kappa shape index (κ3) is 2.33. The van der Waals surface area contributed by atoms with E-state index >= 15 is 0 Å². The molecule has 1 amide bonds. The Hall–Kier alpha value is -1.17. The Balaban J connectivity index is 1.84. The molecule has 3 rings (SSSR count). The van der Waals surface area contributed by atoms with Crippen molar-refractivity contribution in [2.75, 3.05) is 12.3 Å². The number of carbonyl (C=O) groups is 1. The highest BCUT2D eigenvalue weighted by atomic mass is 32.2. The second-order valence-corrected chi connectivity index (χ2v) is 6.21. The lowest BCUT2D eigenvalue weighted by molar-refractivity contribution is -0.137. The molecule has 2 aliphatic rings. The summed E-state index contributed by atoms with van der Waals surface area (Å²) in [6.45, 7) is 0.657. The van der Waals surface area contributed by atoms with Crippen molar-refractivity contribution >= 4 is 17.7 Å². The van der Waals surface area contributed by atoms with Crippen molar-refractivity contribution in [3.63, 3.8) is 0 Å². The quantitative estimate of drug-likeness (QED) is 0.791. The van der Waals surface area contributed by atoms with E-state index in [1.54, 1.807) is 4.90 Å². The maximum atomic E-state index is 12.6. The maximum Gasteiger partial charge on any atom is 0.416 e. The van der Waals surface area contributed by atoms with Crippen molar-refractivity contribution in [1.29, 1.82) is 0 Å². The molecule has 2 nitrogen and oxygen atoms in total. The van der Waals surface area contributed by atoms with Gasteiger partial charge >= 0.3 is 6.18 Å². The van der Waals surface area contributed by atoms with Crippen LogP contribution in [0, 0.1) is 0 Å². The highest BCUT2D eigenvalue weighted by Crippen LogP contribution is 2.38. The predicted molar refractivity (Wildman–Crippen MR) is 67.1 cm³/mol. The van der Waals surface area contributed by atoms with Crippen LogP contribution in [0.25, 0.3) is 0 Å². The fourth-order valence-corrected chi connectivity index (χ4v) is 4.08. The Labute approximate surface area is 113 Å². The highest BCUT2D eigenvalue weighted by Gasteiger charge is 2.41. The summed E-state index contributed by atoms with van der Waals surface area (Å²) in [6.07, 6.45) is -3.44. The van der Waals surface area contributed by atoms with Gasteiger partial charge in [0.05, 0.1) is 5.56 Å². The summed E-state index contributed by atoms with van der Waals surface area (Å²) >= 11 is 1.84. The molecule has 2 heterocycles. The minimum Gasteiger partial charge on any atom is -0.334 e. The van der Waals surface area contributed by atoms with Crippen molar-refractivity contribution < 1.29 is 18.0 Å². The van der Waals surface area contributed by atoms with E-state index in [1.807, 2.05) is 11.8 Å². The number of benzene rings is 1. The van der Waals surface area contributed by atoms with Crippen LogP contribution < -0.4 is 0 Å². The second kappa shape index (κ2) is 4.44. The third-order valence-corrected chi connectivity index (χ3v) is 4.99. The molecule has 2 atom stereocenters. The smallest absolute Gasteiger partial charge is 0.334 e. The average molecular weight is 287 g/mol. The molecule has 0 aliphatic carbocycles. The van der Waals surface area contributed by atoms with Crippen LogP contribution >= 0.6 is 11.8 Å². The van der Waals surface area contributed by atoms with Crippen LogP contribution in [0.3, 0.4) is 0 Å². The van der Waals surface area contributed by atoms with E-state index in [0.717, 1.165) is 24.3 Å². The monoisotopic (exact) mass is 287 g/mol. The molecule has 19 heavy (non-hydrogen) atoms. The zero-order chi connectivity index (χ0) is 13.6. The summed E-state index contributed by atoms with van der Waals surface area (Å²) in [4.78, 5) is 14.0. The van der Waals surface area contributed by atoms with Crippen LogP contribution in [-0.2, 0) is 6.18 Å². The van der Waals surface area contributed by atoms with Gasteiger partial charge in [-0.3, -0.25) is 4.79 Å². The minimum absolute atomic E-state index is 0.132. The molecule has 0 radical (unpaired) electrons. The van der Waals surface area contributed by atoms with E-state index in [1.165, 1.54) is 12.1 Å². The highest BCUT2D eigenvalue weighted by molar-refractivity contribution is 8.00. The van der Waals surface area contributed by atoms with Crippen molar-refractivity contribution in [1.82, 2.24) is 4.90 Å². The first-order valence-corrected chi connectivity index (χ1v) is 7.10. The lowest BCUT2D eigenvalue weighted by Gasteiger charge is -2.26. The molecule has 0 saturated carbocycles. The molecule has 102 valence electrons. The number of likely N-dealkylation sites (tertiary alicyclic amines) is 1. The average Bonchev–Trinajstić information content (AvgIpc) is 2.99. The first-order chi connectivity index (χ1) is 8.95. The molecule has 6 heteroatoms. The van der Waals surface area contributed by atoms with Crippen molar-refractivity contribution in [3.05, 3.63) is 35.4 Å². The normalized spacial score (nSPS) is 25.9. The number of rotatable bonds is 1. The van der Waals surface area contributed by atoms with Gasteiger partial charge < -0.3 is 4.90 Å². The number of amides is 1. The lowest BCUT2D eigenvalue weighted by Crippen LogP contribution is -2.39. The molecule has 2 fully saturated rings. The first-order valence-electron chi connectivity index (χ1n) is 6.05. The number of halogens is 3. The zero-order valence-electron chi connectivity index (χ0n) is 9.98. The number of carbonyl (C=O) groups excluding carboxylic acids is 1. The molecule has 0 N–H and O–H groups in total. The van der Waals surface area contributed by atoms with Crippen LogP contribution in [0.5, 0.6) is 0 Å². The van der Waals surface area contributed by atoms with Gasteiger partial charge in [0, 0.05) is 29.2 Å². The minimum atomic E-state index is -4.41. The Morgan fingerprint density at radius 3 is 2.74 bits per heavy atom.